The van der Waals surface area contributed by atoms with Crippen LogP contribution in [-0.2, 0) is 10.1 Å². The first-order valence-electron chi connectivity index (χ1n) is 12.5. The second-order valence-corrected chi connectivity index (χ2v) is 10.6. The Morgan fingerprint density at radius 2 is 1.66 bits per heavy atom. The van der Waals surface area contributed by atoms with Gasteiger partial charge in [0.05, 0.1) is 4.90 Å². The Morgan fingerprint density at radius 1 is 1.03 bits per heavy atom. The number of hydrogen-bond acceptors (Lipinski definition) is 4. The Morgan fingerprint density at radius 3 is 2.26 bits per heavy atom. The molecule has 202 valence electrons. The van der Waals surface area contributed by atoms with Crippen LogP contribution < -0.4 is 10.6 Å². The number of halogens is 1. The Labute approximate surface area is 224 Å². The molecule has 0 unspecified atom stereocenters. The van der Waals surface area contributed by atoms with Gasteiger partial charge in [0.2, 0.25) is 0 Å². The van der Waals surface area contributed by atoms with Gasteiger partial charge in [0.1, 0.15) is 5.82 Å². The summed E-state index contributed by atoms with van der Waals surface area (Å²) in [5, 5.41) is 6.34. The fourth-order valence-corrected chi connectivity index (χ4v) is 4.42. The van der Waals surface area contributed by atoms with Gasteiger partial charge in [-0.1, -0.05) is 60.2 Å². The zero-order chi connectivity index (χ0) is 27.4. The van der Waals surface area contributed by atoms with E-state index in [1.165, 1.54) is 24.3 Å². The zero-order valence-electron chi connectivity index (χ0n) is 21.4. The minimum atomic E-state index is -4.02. The number of carbonyl (C=O) groups is 1. The SMILES string of the molecule is Cc1ccc(S(=O)(=O)O)cc1.O=C(Nc1ccccc1)N(C/C=C/c1ccc(F)cc1)CC1CCNCC1. The molecule has 38 heavy (non-hydrogen) atoms. The highest BCUT2D eigenvalue weighted by molar-refractivity contribution is 7.85. The van der Waals surface area contributed by atoms with Crippen molar-refractivity contribution in [1.29, 1.82) is 0 Å². The van der Waals surface area contributed by atoms with Crippen molar-refractivity contribution in [2.24, 2.45) is 5.92 Å². The first-order valence-corrected chi connectivity index (χ1v) is 13.9. The molecular formula is C29H34FN3O4S. The lowest BCUT2D eigenvalue weighted by Gasteiger charge is -2.29. The Bertz CT molecular complexity index is 1280. The van der Waals surface area contributed by atoms with E-state index in [1.54, 1.807) is 24.3 Å². The average molecular weight is 540 g/mol. The second-order valence-electron chi connectivity index (χ2n) is 9.14. The normalized spacial score (nSPS) is 14.0. The van der Waals surface area contributed by atoms with Gasteiger partial charge in [-0.3, -0.25) is 4.55 Å². The largest absolute Gasteiger partial charge is 0.322 e. The predicted octanol–water partition coefficient (Wildman–Crippen LogP) is 5.61. The molecule has 0 spiro atoms. The number of carbonyl (C=O) groups excluding carboxylic acids is 1. The third kappa shape index (κ3) is 10.1. The third-order valence-electron chi connectivity index (χ3n) is 6.07. The number of para-hydroxylation sites is 1. The van der Waals surface area contributed by atoms with Crippen LogP contribution in [0.5, 0.6) is 0 Å². The molecule has 0 atom stereocenters. The molecule has 3 aromatic carbocycles. The van der Waals surface area contributed by atoms with Crippen molar-refractivity contribution in [2.45, 2.75) is 24.7 Å². The number of rotatable bonds is 7. The highest BCUT2D eigenvalue weighted by Gasteiger charge is 2.20. The Hall–Kier alpha value is -3.53. The summed E-state index contributed by atoms with van der Waals surface area (Å²) in [4.78, 5) is 14.6. The van der Waals surface area contributed by atoms with Gasteiger partial charge >= 0.3 is 6.03 Å². The van der Waals surface area contributed by atoms with Crippen LogP contribution in [0.3, 0.4) is 0 Å². The molecular weight excluding hydrogens is 505 g/mol. The predicted molar refractivity (Wildman–Crippen MR) is 149 cm³/mol. The smallest absolute Gasteiger partial charge is 0.321 e. The maximum Gasteiger partial charge on any atom is 0.322 e. The van der Waals surface area contributed by atoms with Crippen LogP contribution in [0.2, 0.25) is 0 Å². The van der Waals surface area contributed by atoms with E-state index in [2.05, 4.69) is 10.6 Å². The van der Waals surface area contributed by atoms with Crippen molar-refractivity contribution >= 4 is 27.9 Å². The first-order chi connectivity index (χ1) is 18.2. The van der Waals surface area contributed by atoms with E-state index in [1.807, 2.05) is 54.3 Å². The maximum absolute atomic E-state index is 13.0. The van der Waals surface area contributed by atoms with E-state index in [4.69, 9.17) is 4.55 Å². The fraction of sp³-hybridized carbons (Fsp3) is 0.276. The van der Waals surface area contributed by atoms with Gasteiger partial charge < -0.3 is 15.5 Å². The van der Waals surface area contributed by atoms with Crippen LogP contribution in [0, 0.1) is 18.7 Å². The van der Waals surface area contributed by atoms with E-state index < -0.39 is 10.1 Å². The lowest BCUT2D eigenvalue weighted by Crippen LogP contribution is -2.41. The lowest BCUT2D eigenvalue weighted by molar-refractivity contribution is 0.199. The standard InChI is InChI=1S/C22H26FN3O.C7H8O3S/c23-20-10-8-18(9-11-20)5-4-16-26(17-19-12-14-24-15-13-19)22(27)25-21-6-2-1-3-7-21;1-6-2-4-7(5-3-6)11(8,9)10/h1-11,19,24H,12-17H2,(H,25,27);2-5H,1H3,(H,8,9,10)/b5-4+;. The number of nitrogens with one attached hydrogen (secondary N) is 2. The third-order valence-corrected chi connectivity index (χ3v) is 6.94. The molecule has 1 heterocycles. The Balaban J connectivity index is 0.000000304. The van der Waals surface area contributed by atoms with Gasteiger partial charge in [-0.05, 0) is 80.7 Å². The van der Waals surface area contributed by atoms with Crippen molar-refractivity contribution in [1.82, 2.24) is 10.2 Å². The average Bonchev–Trinajstić information content (AvgIpc) is 2.90. The van der Waals surface area contributed by atoms with Gasteiger partial charge in [0.25, 0.3) is 10.1 Å². The molecule has 1 fully saturated rings. The van der Waals surface area contributed by atoms with Gasteiger partial charge in [-0.2, -0.15) is 8.42 Å². The monoisotopic (exact) mass is 539 g/mol. The van der Waals surface area contributed by atoms with Crippen LogP contribution in [0.25, 0.3) is 6.08 Å². The molecule has 4 rings (SSSR count). The molecule has 0 aliphatic carbocycles. The molecule has 9 heteroatoms. The number of nitrogens with zero attached hydrogens (tertiary/aromatic N) is 1. The van der Waals surface area contributed by atoms with Crippen molar-refractivity contribution in [3.05, 3.63) is 102 Å². The van der Waals surface area contributed by atoms with Crippen molar-refractivity contribution < 1.29 is 22.2 Å². The van der Waals surface area contributed by atoms with Gasteiger partial charge in [0, 0.05) is 18.8 Å². The summed E-state index contributed by atoms with van der Waals surface area (Å²) in [6.07, 6.45) is 6.04. The van der Waals surface area contributed by atoms with E-state index in [9.17, 15) is 17.6 Å². The summed E-state index contributed by atoms with van der Waals surface area (Å²) in [6.45, 7) is 5.09. The quantitative estimate of drug-likeness (QED) is 0.339. The number of piperidine rings is 1. The molecule has 0 radical (unpaired) electrons. The number of aryl methyl sites for hydroxylation is 1. The van der Waals surface area contributed by atoms with Crippen molar-refractivity contribution in [3.63, 3.8) is 0 Å². The molecule has 0 saturated carbocycles. The molecule has 1 aliphatic heterocycles. The van der Waals surface area contributed by atoms with Gasteiger partial charge in [-0.15, -0.1) is 0 Å². The number of urea groups is 1. The first kappa shape index (κ1) is 29.0. The summed E-state index contributed by atoms with van der Waals surface area (Å²) < 4.78 is 42.6. The van der Waals surface area contributed by atoms with Gasteiger partial charge in [-0.25, -0.2) is 9.18 Å². The van der Waals surface area contributed by atoms with Crippen LogP contribution in [0.4, 0.5) is 14.9 Å². The summed E-state index contributed by atoms with van der Waals surface area (Å²) in [5.74, 6) is 0.258. The topological polar surface area (TPSA) is 98.7 Å². The summed E-state index contributed by atoms with van der Waals surface area (Å²) in [7, 11) is -4.02. The molecule has 3 N–H and O–H groups in total. The van der Waals surface area contributed by atoms with E-state index >= 15 is 0 Å². The minimum absolute atomic E-state index is 0.0666. The molecule has 7 nitrogen and oxygen atoms in total. The summed E-state index contributed by atoms with van der Waals surface area (Å²) in [6, 6.07) is 21.7. The Kier molecular flexibility index (Phi) is 11.0. The summed E-state index contributed by atoms with van der Waals surface area (Å²) in [5.41, 5.74) is 2.67. The fourth-order valence-electron chi connectivity index (χ4n) is 3.94. The van der Waals surface area contributed by atoms with E-state index in [0.717, 1.165) is 49.3 Å². The minimum Gasteiger partial charge on any atom is -0.321 e. The van der Waals surface area contributed by atoms with Crippen molar-refractivity contribution in [3.8, 4) is 0 Å². The van der Waals surface area contributed by atoms with Crippen LogP contribution >= 0.6 is 0 Å². The molecule has 1 saturated heterocycles. The van der Waals surface area contributed by atoms with Crippen LogP contribution in [0.15, 0.2) is 89.8 Å². The number of amides is 2. The second kappa shape index (κ2) is 14.4. The molecule has 2 amide bonds. The highest BCUT2D eigenvalue weighted by atomic mass is 32.2. The van der Waals surface area contributed by atoms with Gasteiger partial charge in [0.15, 0.2) is 0 Å². The molecule has 0 aromatic heterocycles. The maximum atomic E-state index is 13.0. The van der Waals surface area contributed by atoms with Crippen LogP contribution in [0.1, 0.15) is 24.0 Å². The van der Waals surface area contributed by atoms with Crippen molar-refractivity contribution in [2.75, 3.05) is 31.5 Å². The number of hydrogen-bond donors (Lipinski definition) is 3. The van der Waals surface area contributed by atoms with E-state index in [0.29, 0.717) is 12.5 Å². The lowest BCUT2D eigenvalue weighted by atomic mass is 9.97. The molecule has 0 bridgehead atoms. The zero-order valence-corrected chi connectivity index (χ0v) is 22.2. The molecule has 3 aromatic rings. The van der Waals surface area contributed by atoms with E-state index in [-0.39, 0.29) is 16.7 Å². The highest BCUT2D eigenvalue weighted by Crippen LogP contribution is 2.16. The molecule has 1 aliphatic rings. The van der Waals surface area contributed by atoms with Crippen LogP contribution in [-0.4, -0.2) is 50.1 Å². The summed E-state index contributed by atoms with van der Waals surface area (Å²) >= 11 is 0. The number of benzene rings is 3. The number of anilines is 1.